The Morgan fingerprint density at radius 1 is 1.44 bits per heavy atom. The van der Waals surface area contributed by atoms with E-state index >= 15 is 0 Å². The van der Waals surface area contributed by atoms with Gasteiger partial charge in [-0.05, 0) is 34.1 Å². The van der Waals surface area contributed by atoms with Crippen LogP contribution in [0.2, 0.25) is 5.02 Å². The van der Waals surface area contributed by atoms with E-state index in [-0.39, 0.29) is 5.56 Å². The molecule has 2 rings (SSSR count). The lowest BCUT2D eigenvalue weighted by Gasteiger charge is -2.11. The molecule has 18 heavy (non-hydrogen) atoms. The van der Waals surface area contributed by atoms with E-state index in [0.717, 1.165) is 0 Å². The van der Waals surface area contributed by atoms with E-state index in [1.165, 1.54) is 30.6 Å². The number of halogens is 3. The second-order valence-corrected chi connectivity index (χ2v) is 5.78. The molecule has 1 aromatic carbocycles. The molecule has 1 N–H and O–H groups in total. The molecule has 0 radical (unpaired) electrons. The Morgan fingerprint density at radius 3 is 2.78 bits per heavy atom. The van der Waals surface area contributed by atoms with Crippen LogP contribution in [-0.4, -0.2) is 12.2 Å². The van der Waals surface area contributed by atoms with Gasteiger partial charge in [0.15, 0.2) is 0 Å². The Morgan fingerprint density at radius 2 is 2.17 bits per heavy atom. The molecular formula is C12H9BrClFO2S. The largest absolute Gasteiger partial charge is 0.496 e. The number of benzene rings is 1. The summed E-state index contributed by atoms with van der Waals surface area (Å²) in [6, 6.07) is 4.33. The molecule has 0 aliphatic carbocycles. The Bertz CT molecular complexity index is 573. The molecule has 0 saturated heterocycles. The van der Waals surface area contributed by atoms with Gasteiger partial charge in [-0.25, -0.2) is 4.39 Å². The van der Waals surface area contributed by atoms with Crippen LogP contribution in [0.3, 0.4) is 0 Å². The maximum absolute atomic E-state index is 13.8. The van der Waals surface area contributed by atoms with Crippen LogP contribution in [0, 0.1) is 5.82 Å². The second-order valence-electron chi connectivity index (χ2n) is 3.58. The lowest BCUT2D eigenvalue weighted by molar-refractivity contribution is 0.218. The summed E-state index contributed by atoms with van der Waals surface area (Å²) >= 11 is 10.3. The lowest BCUT2D eigenvalue weighted by Crippen LogP contribution is -2.01. The van der Waals surface area contributed by atoms with Crippen molar-refractivity contribution in [2.75, 3.05) is 7.11 Å². The van der Waals surface area contributed by atoms with Crippen LogP contribution in [0.15, 0.2) is 28.1 Å². The van der Waals surface area contributed by atoms with Gasteiger partial charge in [-0.2, -0.15) is 0 Å². The lowest BCUT2D eigenvalue weighted by atomic mass is 10.1. The number of hydrogen-bond donors (Lipinski definition) is 1. The van der Waals surface area contributed by atoms with Crippen LogP contribution < -0.4 is 4.74 Å². The molecule has 2 nitrogen and oxygen atoms in total. The van der Waals surface area contributed by atoms with Gasteiger partial charge in [-0.1, -0.05) is 11.6 Å². The quantitative estimate of drug-likeness (QED) is 0.831. The van der Waals surface area contributed by atoms with Gasteiger partial charge in [0.2, 0.25) is 0 Å². The predicted octanol–water partition coefficient (Wildman–Crippen LogP) is 4.39. The summed E-state index contributed by atoms with van der Waals surface area (Å²) in [6.45, 7) is 0. The zero-order valence-corrected chi connectivity index (χ0v) is 12.4. The zero-order valence-electron chi connectivity index (χ0n) is 9.28. The summed E-state index contributed by atoms with van der Waals surface area (Å²) in [6.07, 6.45) is -1.05. The number of ether oxygens (including phenoxy) is 1. The minimum atomic E-state index is -1.05. The normalized spacial score (nSPS) is 12.5. The van der Waals surface area contributed by atoms with Crippen molar-refractivity contribution < 1.29 is 14.2 Å². The summed E-state index contributed by atoms with van der Waals surface area (Å²) in [7, 11) is 1.54. The van der Waals surface area contributed by atoms with Crippen molar-refractivity contribution in [2.24, 2.45) is 0 Å². The van der Waals surface area contributed by atoms with Gasteiger partial charge in [0, 0.05) is 20.3 Å². The second kappa shape index (κ2) is 5.57. The first-order valence-corrected chi connectivity index (χ1v) is 7.03. The van der Waals surface area contributed by atoms with Crippen molar-refractivity contribution in [3.05, 3.63) is 49.3 Å². The number of aliphatic hydroxyl groups is 1. The van der Waals surface area contributed by atoms with Gasteiger partial charge >= 0.3 is 0 Å². The number of thiophene rings is 1. The highest BCUT2D eigenvalue weighted by Crippen LogP contribution is 2.35. The average Bonchev–Trinajstić information content (AvgIpc) is 2.81. The molecule has 1 heterocycles. The fraction of sp³-hybridized carbons (Fsp3) is 0.167. The Kier molecular flexibility index (Phi) is 4.27. The van der Waals surface area contributed by atoms with E-state index in [4.69, 9.17) is 16.3 Å². The Hall–Kier alpha value is -0.620. The first-order chi connectivity index (χ1) is 8.52. The van der Waals surface area contributed by atoms with Crippen molar-refractivity contribution in [1.82, 2.24) is 0 Å². The fourth-order valence-electron chi connectivity index (χ4n) is 1.49. The minimum absolute atomic E-state index is 0.146. The summed E-state index contributed by atoms with van der Waals surface area (Å²) in [4.78, 5) is 0.601. The maximum atomic E-state index is 13.8. The molecule has 0 aliphatic rings. The molecule has 2 aromatic rings. The summed E-state index contributed by atoms with van der Waals surface area (Å²) in [5.74, 6) is 0.129. The number of rotatable bonds is 3. The molecule has 6 heteroatoms. The average molecular weight is 352 g/mol. The van der Waals surface area contributed by atoms with Gasteiger partial charge in [0.05, 0.1) is 12.1 Å². The SMILES string of the molecule is COc1csc(C(O)c2cc(Cl)c(Br)cc2F)c1. The molecule has 0 spiro atoms. The van der Waals surface area contributed by atoms with Crippen molar-refractivity contribution in [3.8, 4) is 5.75 Å². The summed E-state index contributed by atoms with van der Waals surface area (Å²) in [5.41, 5.74) is 0.146. The van der Waals surface area contributed by atoms with Gasteiger partial charge < -0.3 is 9.84 Å². The van der Waals surface area contributed by atoms with E-state index in [9.17, 15) is 9.50 Å². The first kappa shape index (κ1) is 13.8. The monoisotopic (exact) mass is 350 g/mol. The molecule has 1 unspecified atom stereocenters. The molecule has 0 amide bonds. The zero-order chi connectivity index (χ0) is 13.3. The molecule has 0 fully saturated rings. The smallest absolute Gasteiger partial charge is 0.130 e. The Balaban J connectivity index is 2.39. The van der Waals surface area contributed by atoms with E-state index in [0.29, 0.717) is 20.1 Å². The van der Waals surface area contributed by atoms with Crippen LogP contribution in [0.1, 0.15) is 16.5 Å². The van der Waals surface area contributed by atoms with E-state index in [1.807, 2.05) is 0 Å². The van der Waals surface area contributed by atoms with Gasteiger partial charge in [-0.15, -0.1) is 11.3 Å². The maximum Gasteiger partial charge on any atom is 0.130 e. The third kappa shape index (κ3) is 2.69. The summed E-state index contributed by atoms with van der Waals surface area (Å²) < 4.78 is 19.3. The topological polar surface area (TPSA) is 29.5 Å². The Labute approximate surface area is 121 Å². The van der Waals surface area contributed by atoms with Crippen LogP contribution in [0.5, 0.6) is 5.75 Å². The minimum Gasteiger partial charge on any atom is -0.496 e. The number of methoxy groups -OCH3 is 1. The van der Waals surface area contributed by atoms with E-state index in [2.05, 4.69) is 15.9 Å². The number of aliphatic hydroxyl groups excluding tert-OH is 1. The van der Waals surface area contributed by atoms with E-state index in [1.54, 1.807) is 11.4 Å². The predicted molar refractivity (Wildman–Crippen MR) is 74.0 cm³/mol. The fourth-order valence-corrected chi connectivity index (χ4v) is 2.83. The first-order valence-electron chi connectivity index (χ1n) is 4.98. The van der Waals surface area contributed by atoms with Crippen molar-refractivity contribution in [3.63, 3.8) is 0 Å². The molecule has 0 bridgehead atoms. The van der Waals surface area contributed by atoms with E-state index < -0.39 is 11.9 Å². The molecule has 1 aromatic heterocycles. The molecule has 96 valence electrons. The van der Waals surface area contributed by atoms with Crippen molar-refractivity contribution >= 4 is 38.9 Å². The highest BCUT2D eigenvalue weighted by Gasteiger charge is 2.19. The third-order valence-electron chi connectivity index (χ3n) is 2.44. The molecule has 0 aliphatic heterocycles. The van der Waals surface area contributed by atoms with Crippen molar-refractivity contribution in [1.29, 1.82) is 0 Å². The van der Waals surface area contributed by atoms with Crippen LogP contribution >= 0.6 is 38.9 Å². The van der Waals surface area contributed by atoms with Gasteiger partial charge in [0.1, 0.15) is 17.7 Å². The molecule has 0 saturated carbocycles. The van der Waals surface area contributed by atoms with Crippen LogP contribution in [-0.2, 0) is 0 Å². The molecule has 1 atom stereocenters. The highest BCUT2D eigenvalue weighted by molar-refractivity contribution is 9.10. The van der Waals surface area contributed by atoms with Crippen LogP contribution in [0.25, 0.3) is 0 Å². The van der Waals surface area contributed by atoms with Gasteiger partial charge in [-0.3, -0.25) is 0 Å². The number of hydrogen-bond acceptors (Lipinski definition) is 3. The van der Waals surface area contributed by atoms with Gasteiger partial charge in [0.25, 0.3) is 0 Å². The third-order valence-corrected chi connectivity index (χ3v) is 4.60. The standard InChI is InChI=1S/C12H9BrClFO2S/c1-17-6-2-11(18-5-6)12(16)7-3-9(14)8(13)4-10(7)15/h2-5,12,16H,1H3. The highest BCUT2D eigenvalue weighted by atomic mass is 79.9. The van der Waals surface area contributed by atoms with Crippen molar-refractivity contribution in [2.45, 2.75) is 6.10 Å². The summed E-state index contributed by atoms with van der Waals surface area (Å²) in [5, 5.41) is 12.2. The molecular weight excluding hydrogens is 343 g/mol. The van der Waals surface area contributed by atoms with Crippen LogP contribution in [0.4, 0.5) is 4.39 Å².